The van der Waals surface area contributed by atoms with Crippen LogP contribution in [0.3, 0.4) is 0 Å². The van der Waals surface area contributed by atoms with Gasteiger partial charge >= 0.3 is 24.1 Å². The number of carboxylic acids is 1. The third kappa shape index (κ3) is 7.68. The maximum atomic E-state index is 13.6. The largest absolute Gasteiger partial charge is 0.480 e. The number of carboxylic acid groups (broad SMARTS) is 1. The van der Waals surface area contributed by atoms with E-state index in [-0.39, 0.29) is 24.5 Å². The molecule has 11 nitrogen and oxygen atoms in total. The maximum Gasteiger partial charge on any atom is 0.419 e. The first-order valence-electron chi connectivity index (χ1n) is 17.0. The minimum absolute atomic E-state index is 0.0211. The molecule has 0 fully saturated rings. The number of aliphatic carboxylic acids is 1. The van der Waals surface area contributed by atoms with Crippen molar-refractivity contribution in [1.82, 2.24) is 14.9 Å². The number of aromatic nitrogens is 2. The van der Waals surface area contributed by atoms with Crippen molar-refractivity contribution in [2.24, 2.45) is 0 Å². The first-order valence-corrected chi connectivity index (χ1v) is 17.0. The molecule has 0 saturated heterocycles. The lowest BCUT2D eigenvalue weighted by Gasteiger charge is -2.20. The molecule has 1 amide bonds. The number of pyridine rings is 1. The van der Waals surface area contributed by atoms with Crippen molar-refractivity contribution in [3.8, 4) is 22.4 Å². The summed E-state index contributed by atoms with van der Waals surface area (Å²) in [6.07, 6.45) is 1.20. The molecule has 1 aliphatic carbocycles. The SMILES string of the molecule is CC(C)(C)OC(=O)c1ccc(-c2cccc3c(C[C@H](NC(=O)OCC4c5ccccc5-c5ccccc54)C(=O)O)cn(C(=O)OC(C)(C)C)c23)nc1. The summed E-state index contributed by atoms with van der Waals surface area (Å²) in [5.41, 5.74) is 4.87. The molecule has 2 heterocycles. The van der Waals surface area contributed by atoms with Crippen LogP contribution < -0.4 is 5.32 Å². The van der Waals surface area contributed by atoms with Crippen molar-refractivity contribution in [3.05, 3.63) is 114 Å². The normalized spacial score (nSPS) is 13.2. The van der Waals surface area contributed by atoms with E-state index in [9.17, 15) is 24.3 Å². The molecule has 0 aliphatic heterocycles. The summed E-state index contributed by atoms with van der Waals surface area (Å²) in [4.78, 5) is 56.4. The lowest BCUT2D eigenvalue weighted by atomic mass is 9.98. The summed E-state index contributed by atoms with van der Waals surface area (Å²) < 4.78 is 18.1. The van der Waals surface area contributed by atoms with E-state index in [1.807, 2.05) is 48.5 Å². The number of amides is 1. The maximum absolute atomic E-state index is 13.6. The molecule has 0 radical (unpaired) electrons. The summed E-state index contributed by atoms with van der Waals surface area (Å²) >= 11 is 0. The number of nitrogens with one attached hydrogen (secondary N) is 1. The van der Waals surface area contributed by atoms with Gasteiger partial charge in [-0.25, -0.2) is 19.2 Å². The number of ether oxygens (including phenoxy) is 3. The Hall–Kier alpha value is -5.97. The number of hydrogen-bond donors (Lipinski definition) is 2. The highest BCUT2D eigenvalue weighted by molar-refractivity contribution is 6.01. The molecule has 2 N–H and O–H groups in total. The third-order valence-corrected chi connectivity index (χ3v) is 8.53. The molecule has 2 aromatic heterocycles. The molecule has 1 atom stereocenters. The van der Waals surface area contributed by atoms with Crippen molar-refractivity contribution in [2.45, 2.75) is 71.1 Å². The number of esters is 1. The number of hydrogen-bond acceptors (Lipinski definition) is 8. The number of fused-ring (bicyclic) bond motifs is 4. The Labute approximate surface area is 301 Å². The quantitative estimate of drug-likeness (QED) is 0.121. The van der Waals surface area contributed by atoms with Gasteiger partial charge in [-0.1, -0.05) is 66.7 Å². The molecule has 0 unspecified atom stereocenters. The summed E-state index contributed by atoms with van der Waals surface area (Å²) in [5.74, 6) is -1.99. The van der Waals surface area contributed by atoms with Crippen LogP contribution in [0.4, 0.5) is 9.59 Å². The second-order valence-corrected chi connectivity index (χ2v) is 14.7. The molecule has 11 heteroatoms. The van der Waals surface area contributed by atoms with Crippen LogP contribution in [0.15, 0.2) is 91.3 Å². The van der Waals surface area contributed by atoms with Gasteiger partial charge in [-0.3, -0.25) is 9.55 Å². The number of carbonyl (C=O) groups is 4. The van der Waals surface area contributed by atoms with Gasteiger partial charge in [0, 0.05) is 35.7 Å². The molecule has 1 aliphatic rings. The van der Waals surface area contributed by atoms with Crippen molar-refractivity contribution >= 4 is 35.0 Å². The van der Waals surface area contributed by atoms with Crippen LogP contribution in [-0.4, -0.2) is 62.6 Å². The van der Waals surface area contributed by atoms with E-state index in [2.05, 4.69) is 10.3 Å². The van der Waals surface area contributed by atoms with E-state index in [1.54, 1.807) is 71.9 Å². The van der Waals surface area contributed by atoms with Crippen LogP contribution in [0.1, 0.15) is 74.5 Å². The first kappa shape index (κ1) is 35.8. The predicted octanol–water partition coefficient (Wildman–Crippen LogP) is 7.98. The van der Waals surface area contributed by atoms with Crippen molar-refractivity contribution in [3.63, 3.8) is 0 Å². The lowest BCUT2D eigenvalue weighted by Crippen LogP contribution is -2.42. The van der Waals surface area contributed by atoms with E-state index in [0.29, 0.717) is 27.7 Å². The molecule has 268 valence electrons. The average molecular weight is 704 g/mol. The minimum Gasteiger partial charge on any atom is -0.480 e. The fourth-order valence-corrected chi connectivity index (χ4v) is 6.39. The van der Waals surface area contributed by atoms with Crippen LogP contribution >= 0.6 is 0 Å². The average Bonchev–Trinajstić information content (AvgIpc) is 3.61. The van der Waals surface area contributed by atoms with E-state index >= 15 is 0 Å². The predicted molar refractivity (Wildman–Crippen MR) is 195 cm³/mol. The highest BCUT2D eigenvalue weighted by Crippen LogP contribution is 2.44. The van der Waals surface area contributed by atoms with Crippen LogP contribution in [-0.2, 0) is 25.4 Å². The van der Waals surface area contributed by atoms with Crippen molar-refractivity contribution < 1.29 is 38.5 Å². The van der Waals surface area contributed by atoms with Gasteiger partial charge in [-0.2, -0.15) is 0 Å². The van der Waals surface area contributed by atoms with Gasteiger partial charge in [0.05, 0.1) is 16.8 Å². The molecule has 52 heavy (non-hydrogen) atoms. The van der Waals surface area contributed by atoms with E-state index in [4.69, 9.17) is 14.2 Å². The summed E-state index contributed by atoms with van der Waals surface area (Å²) in [6.45, 7) is 10.6. The first-order chi connectivity index (χ1) is 24.6. The molecule has 0 bridgehead atoms. The third-order valence-electron chi connectivity index (χ3n) is 8.53. The second-order valence-electron chi connectivity index (χ2n) is 14.7. The minimum atomic E-state index is -1.39. The zero-order valence-corrected chi connectivity index (χ0v) is 29.9. The fourth-order valence-electron chi connectivity index (χ4n) is 6.39. The number of carbonyl (C=O) groups excluding carboxylic acids is 3. The van der Waals surface area contributed by atoms with Gasteiger partial charge < -0.3 is 24.6 Å². The lowest BCUT2D eigenvalue weighted by molar-refractivity contribution is -0.139. The van der Waals surface area contributed by atoms with E-state index in [0.717, 1.165) is 22.3 Å². The van der Waals surface area contributed by atoms with Crippen LogP contribution in [0.25, 0.3) is 33.3 Å². The molecular formula is C41H41N3O8. The zero-order valence-electron chi connectivity index (χ0n) is 29.9. The fraction of sp³-hybridized carbons (Fsp3) is 0.293. The van der Waals surface area contributed by atoms with Crippen molar-refractivity contribution in [1.29, 1.82) is 0 Å². The Morgan fingerprint density at radius 1 is 0.808 bits per heavy atom. The van der Waals surface area contributed by atoms with Gasteiger partial charge in [0.15, 0.2) is 0 Å². The highest BCUT2D eigenvalue weighted by atomic mass is 16.6. The number of rotatable bonds is 8. The zero-order chi connectivity index (χ0) is 37.4. The van der Waals surface area contributed by atoms with Crippen LogP contribution in [0.2, 0.25) is 0 Å². The smallest absolute Gasteiger partial charge is 0.419 e. The molecule has 3 aromatic carbocycles. The Bertz CT molecular complexity index is 2130. The summed E-state index contributed by atoms with van der Waals surface area (Å²) in [7, 11) is 0. The number of para-hydroxylation sites is 1. The van der Waals surface area contributed by atoms with Crippen molar-refractivity contribution in [2.75, 3.05) is 6.61 Å². The highest BCUT2D eigenvalue weighted by Gasteiger charge is 2.31. The molecular weight excluding hydrogens is 662 g/mol. The monoisotopic (exact) mass is 703 g/mol. The van der Waals surface area contributed by atoms with Gasteiger partial charge in [-0.05, 0) is 81.5 Å². The van der Waals surface area contributed by atoms with Gasteiger partial charge in [-0.15, -0.1) is 0 Å². The Kier molecular flexibility index (Phi) is 9.63. The van der Waals surface area contributed by atoms with Gasteiger partial charge in [0.25, 0.3) is 0 Å². The summed E-state index contributed by atoms with van der Waals surface area (Å²) in [5, 5.41) is 13.3. The number of alkyl carbamates (subject to hydrolysis) is 1. The Morgan fingerprint density at radius 2 is 1.42 bits per heavy atom. The molecule has 5 aromatic rings. The van der Waals surface area contributed by atoms with E-state index < -0.39 is 41.4 Å². The van der Waals surface area contributed by atoms with Gasteiger partial charge in [0.1, 0.15) is 23.9 Å². The second kappa shape index (κ2) is 14.0. The molecule has 6 rings (SSSR count). The molecule has 0 spiro atoms. The van der Waals surface area contributed by atoms with E-state index in [1.165, 1.54) is 17.0 Å². The number of nitrogens with zero attached hydrogens (tertiary/aromatic N) is 2. The summed E-state index contributed by atoms with van der Waals surface area (Å²) in [6, 6.07) is 23.0. The standard InChI is InChI=1S/C41H41N3O8/c1-40(2,3)51-37(47)24-18-19-33(42-21-24)31-17-11-16-26-25(22-44(35(26)31)39(49)52-41(4,5)6)20-34(36(45)46)43-38(48)50-23-32-29-14-9-7-12-27(29)28-13-8-10-15-30(28)32/h7-19,21-22,32,34H,20,23H2,1-6H3,(H,43,48)(H,45,46)/t34-/m0/s1. The topological polar surface area (TPSA) is 146 Å². The Balaban J connectivity index is 1.27. The van der Waals surface area contributed by atoms with Crippen LogP contribution in [0, 0.1) is 0 Å². The van der Waals surface area contributed by atoms with Gasteiger partial charge in [0.2, 0.25) is 0 Å². The number of benzene rings is 3. The molecule has 0 saturated carbocycles. The van der Waals surface area contributed by atoms with Crippen LogP contribution in [0.5, 0.6) is 0 Å². The Morgan fingerprint density at radius 3 is 2.00 bits per heavy atom.